The van der Waals surface area contributed by atoms with E-state index < -0.39 is 0 Å². The molecule has 0 N–H and O–H groups in total. The number of aromatic nitrogens is 2. The summed E-state index contributed by atoms with van der Waals surface area (Å²) in [5.41, 5.74) is 2.74. The Kier molecular flexibility index (Phi) is 6.03. The van der Waals surface area contributed by atoms with Crippen LogP contribution in [0.1, 0.15) is 61.7 Å². The molecule has 31 heavy (non-hydrogen) atoms. The molecule has 3 heterocycles. The summed E-state index contributed by atoms with van der Waals surface area (Å²) in [5, 5.41) is 0. The number of fused-ring (bicyclic) bond motifs is 1. The molecular formula is C24H29FN4O2. The summed E-state index contributed by atoms with van der Waals surface area (Å²) in [7, 11) is 0. The van der Waals surface area contributed by atoms with Crippen LogP contribution in [0.3, 0.4) is 0 Å². The van der Waals surface area contributed by atoms with E-state index >= 15 is 0 Å². The molecular weight excluding hydrogens is 395 g/mol. The maximum atomic E-state index is 13.3. The van der Waals surface area contributed by atoms with Crippen LogP contribution in [0, 0.1) is 18.7 Å². The summed E-state index contributed by atoms with van der Waals surface area (Å²) >= 11 is 0. The standard InChI is InChI=1S/C24H29FN4O2/c1-15(2)24(31)28-12-4-5-18(14-28)22-26-16(3)20-10-11-21(30)29(23(20)27-22)13-17-6-8-19(25)9-7-17/h6-9,15,18H,4-5,10-14H2,1-3H3/t18-/m0/s1. The second kappa shape index (κ2) is 8.73. The number of likely N-dealkylation sites (tertiary alicyclic amines) is 1. The van der Waals surface area contributed by atoms with Crippen LogP contribution in [-0.4, -0.2) is 39.8 Å². The first-order valence-corrected chi connectivity index (χ1v) is 11.0. The number of carbonyl (C=O) groups excluding carboxylic acids is 2. The van der Waals surface area contributed by atoms with Crippen LogP contribution in [0.5, 0.6) is 0 Å². The molecule has 1 atom stereocenters. The summed E-state index contributed by atoms with van der Waals surface area (Å²) in [6.07, 6.45) is 2.88. The number of piperidine rings is 1. The van der Waals surface area contributed by atoms with E-state index in [1.807, 2.05) is 25.7 Å². The fraction of sp³-hybridized carbons (Fsp3) is 0.500. The molecule has 0 spiro atoms. The lowest BCUT2D eigenvalue weighted by Gasteiger charge is -2.34. The molecule has 2 aliphatic heterocycles. The van der Waals surface area contributed by atoms with E-state index in [0.717, 1.165) is 36.2 Å². The molecule has 0 unspecified atom stereocenters. The summed E-state index contributed by atoms with van der Waals surface area (Å²) in [5.74, 6) is 1.27. The average molecular weight is 425 g/mol. The van der Waals surface area contributed by atoms with Gasteiger partial charge in [-0.1, -0.05) is 26.0 Å². The molecule has 0 aliphatic carbocycles. The van der Waals surface area contributed by atoms with E-state index in [-0.39, 0.29) is 29.5 Å². The molecule has 6 nitrogen and oxygen atoms in total. The summed E-state index contributed by atoms with van der Waals surface area (Å²) in [6, 6.07) is 6.21. The van der Waals surface area contributed by atoms with Crippen molar-refractivity contribution in [2.45, 2.75) is 58.9 Å². The highest BCUT2D eigenvalue weighted by molar-refractivity contribution is 5.95. The van der Waals surface area contributed by atoms with Crippen molar-refractivity contribution in [1.29, 1.82) is 0 Å². The summed E-state index contributed by atoms with van der Waals surface area (Å²) in [6.45, 7) is 7.54. The number of nitrogens with zero attached hydrogens (tertiary/aromatic N) is 4. The highest BCUT2D eigenvalue weighted by Crippen LogP contribution is 2.33. The summed E-state index contributed by atoms with van der Waals surface area (Å²) < 4.78 is 13.3. The smallest absolute Gasteiger partial charge is 0.228 e. The molecule has 2 aliphatic rings. The first-order chi connectivity index (χ1) is 14.8. The van der Waals surface area contributed by atoms with Crippen LogP contribution in [0.15, 0.2) is 24.3 Å². The number of benzene rings is 1. The minimum atomic E-state index is -0.299. The molecule has 2 amide bonds. The zero-order valence-electron chi connectivity index (χ0n) is 18.4. The lowest BCUT2D eigenvalue weighted by Crippen LogP contribution is -2.42. The quantitative estimate of drug-likeness (QED) is 0.750. The van der Waals surface area contributed by atoms with Crippen molar-refractivity contribution in [3.63, 3.8) is 0 Å². The topological polar surface area (TPSA) is 66.4 Å². The monoisotopic (exact) mass is 424 g/mol. The van der Waals surface area contributed by atoms with Gasteiger partial charge in [0.2, 0.25) is 11.8 Å². The van der Waals surface area contributed by atoms with Gasteiger partial charge in [0.1, 0.15) is 17.5 Å². The van der Waals surface area contributed by atoms with Gasteiger partial charge in [-0.05, 0) is 43.9 Å². The van der Waals surface area contributed by atoms with Crippen LogP contribution >= 0.6 is 0 Å². The van der Waals surface area contributed by atoms with Gasteiger partial charge in [0.25, 0.3) is 0 Å². The predicted molar refractivity (Wildman–Crippen MR) is 116 cm³/mol. The average Bonchev–Trinajstić information content (AvgIpc) is 2.76. The van der Waals surface area contributed by atoms with E-state index in [4.69, 9.17) is 9.97 Å². The fourth-order valence-corrected chi connectivity index (χ4v) is 4.47. The van der Waals surface area contributed by atoms with E-state index in [9.17, 15) is 14.0 Å². The summed E-state index contributed by atoms with van der Waals surface area (Å²) in [4.78, 5) is 38.6. The first-order valence-electron chi connectivity index (χ1n) is 11.0. The number of carbonyl (C=O) groups is 2. The number of amides is 2. The van der Waals surface area contributed by atoms with Gasteiger partial charge in [0, 0.05) is 42.6 Å². The zero-order chi connectivity index (χ0) is 22.1. The highest BCUT2D eigenvalue weighted by atomic mass is 19.1. The van der Waals surface area contributed by atoms with Crippen LogP contribution < -0.4 is 4.90 Å². The van der Waals surface area contributed by atoms with Crippen LogP contribution in [-0.2, 0) is 22.6 Å². The number of aryl methyl sites for hydroxylation is 1. The van der Waals surface area contributed by atoms with Crippen LogP contribution in [0.4, 0.5) is 10.2 Å². The minimum absolute atomic E-state index is 0.0149. The molecule has 0 saturated carbocycles. The molecule has 2 aromatic rings. The van der Waals surface area contributed by atoms with E-state index in [0.29, 0.717) is 37.6 Å². The fourth-order valence-electron chi connectivity index (χ4n) is 4.47. The molecule has 4 rings (SSSR count). The van der Waals surface area contributed by atoms with Crippen molar-refractivity contribution in [2.24, 2.45) is 5.92 Å². The first kappa shape index (κ1) is 21.4. The third-order valence-corrected chi connectivity index (χ3v) is 6.20. The van der Waals surface area contributed by atoms with Crippen LogP contribution in [0.2, 0.25) is 0 Å². The lowest BCUT2D eigenvalue weighted by atomic mass is 9.95. The van der Waals surface area contributed by atoms with E-state index in [2.05, 4.69) is 0 Å². The number of hydrogen-bond donors (Lipinski definition) is 0. The second-order valence-corrected chi connectivity index (χ2v) is 8.85. The normalized spacial score (nSPS) is 19.0. The minimum Gasteiger partial charge on any atom is -0.342 e. The van der Waals surface area contributed by atoms with Gasteiger partial charge in [0.15, 0.2) is 0 Å². The Bertz CT molecular complexity index is 990. The third kappa shape index (κ3) is 4.45. The van der Waals surface area contributed by atoms with Crippen molar-refractivity contribution >= 4 is 17.6 Å². The van der Waals surface area contributed by atoms with Gasteiger partial charge in [0.05, 0.1) is 6.54 Å². The Morgan fingerprint density at radius 1 is 1.19 bits per heavy atom. The Balaban J connectivity index is 1.64. The van der Waals surface area contributed by atoms with Crippen LogP contribution in [0.25, 0.3) is 0 Å². The van der Waals surface area contributed by atoms with Crippen molar-refractivity contribution in [3.8, 4) is 0 Å². The molecule has 7 heteroatoms. The maximum Gasteiger partial charge on any atom is 0.228 e. The van der Waals surface area contributed by atoms with E-state index in [1.54, 1.807) is 17.0 Å². The van der Waals surface area contributed by atoms with E-state index in [1.165, 1.54) is 12.1 Å². The second-order valence-electron chi connectivity index (χ2n) is 8.85. The van der Waals surface area contributed by atoms with Gasteiger partial charge < -0.3 is 4.90 Å². The molecule has 1 fully saturated rings. The predicted octanol–water partition coefficient (Wildman–Crippen LogP) is 3.77. The van der Waals surface area contributed by atoms with Crippen molar-refractivity contribution in [3.05, 3.63) is 52.7 Å². The van der Waals surface area contributed by atoms with Gasteiger partial charge in [-0.3, -0.25) is 14.5 Å². The number of halogens is 1. The lowest BCUT2D eigenvalue weighted by molar-refractivity contribution is -0.135. The molecule has 164 valence electrons. The molecule has 1 aromatic heterocycles. The maximum absolute atomic E-state index is 13.3. The molecule has 1 saturated heterocycles. The molecule has 0 bridgehead atoms. The van der Waals surface area contributed by atoms with Crippen molar-refractivity contribution in [1.82, 2.24) is 14.9 Å². The molecule has 1 aromatic carbocycles. The van der Waals surface area contributed by atoms with Crippen molar-refractivity contribution in [2.75, 3.05) is 18.0 Å². The Hall–Kier alpha value is -2.83. The number of anilines is 1. The van der Waals surface area contributed by atoms with Crippen molar-refractivity contribution < 1.29 is 14.0 Å². The zero-order valence-corrected chi connectivity index (χ0v) is 18.4. The SMILES string of the molecule is Cc1nc([C@H]2CCCN(C(=O)C(C)C)C2)nc2c1CCC(=O)N2Cc1ccc(F)cc1. The Morgan fingerprint density at radius 2 is 1.94 bits per heavy atom. The third-order valence-electron chi connectivity index (χ3n) is 6.20. The number of rotatable bonds is 4. The van der Waals surface area contributed by atoms with Gasteiger partial charge in [-0.25, -0.2) is 14.4 Å². The molecule has 0 radical (unpaired) electrons. The van der Waals surface area contributed by atoms with Gasteiger partial charge in [-0.15, -0.1) is 0 Å². The highest BCUT2D eigenvalue weighted by Gasteiger charge is 2.32. The number of hydrogen-bond acceptors (Lipinski definition) is 4. The largest absolute Gasteiger partial charge is 0.342 e. The Labute approximate surface area is 182 Å². The Morgan fingerprint density at radius 3 is 2.65 bits per heavy atom. The van der Waals surface area contributed by atoms with Gasteiger partial charge in [-0.2, -0.15) is 0 Å². The van der Waals surface area contributed by atoms with Gasteiger partial charge >= 0.3 is 0 Å².